The van der Waals surface area contributed by atoms with Gasteiger partial charge < -0.3 is 4.42 Å². The summed E-state index contributed by atoms with van der Waals surface area (Å²) in [4.78, 5) is 11.7. The maximum atomic E-state index is 10.4. The second-order valence-electron chi connectivity index (χ2n) is 3.48. The first-order valence-corrected chi connectivity index (χ1v) is 6.00. The molecule has 2 rings (SSSR count). The fourth-order valence-corrected chi connectivity index (χ4v) is 2.33. The zero-order chi connectivity index (χ0) is 11.4. The normalized spacial score (nSPS) is 10.3. The fraction of sp³-hybridized carbons (Fsp3) is 0.154. The molecule has 0 atom stereocenters. The summed E-state index contributed by atoms with van der Waals surface area (Å²) in [5, 5.41) is 0. The van der Waals surface area contributed by atoms with Crippen LogP contribution in [0.25, 0.3) is 0 Å². The lowest BCUT2D eigenvalue weighted by Gasteiger charge is -2.02. The molecular weight excluding hydrogens is 220 g/mol. The molecule has 3 heteroatoms. The minimum absolute atomic E-state index is 0.389. The van der Waals surface area contributed by atoms with E-state index in [1.54, 1.807) is 17.8 Å². The molecule has 0 radical (unpaired) electrons. The van der Waals surface area contributed by atoms with Crippen LogP contribution in [0.2, 0.25) is 0 Å². The smallest absolute Gasteiger partial charge is 0.185 e. The van der Waals surface area contributed by atoms with Gasteiger partial charge in [0.25, 0.3) is 0 Å². The number of hydrogen-bond donors (Lipinski definition) is 0. The summed E-state index contributed by atoms with van der Waals surface area (Å²) in [6.45, 7) is 2.08. The number of rotatable bonds is 4. The molecule has 0 amide bonds. The van der Waals surface area contributed by atoms with Crippen molar-refractivity contribution in [2.24, 2.45) is 0 Å². The molecule has 2 aromatic rings. The number of hydrogen-bond acceptors (Lipinski definition) is 3. The van der Waals surface area contributed by atoms with Gasteiger partial charge in [-0.2, -0.15) is 0 Å². The van der Waals surface area contributed by atoms with Gasteiger partial charge in [0.1, 0.15) is 5.76 Å². The third-order valence-corrected chi connectivity index (χ3v) is 3.46. The molecule has 0 N–H and O–H groups in total. The Kier molecular flexibility index (Phi) is 3.47. The lowest BCUT2D eigenvalue weighted by atomic mass is 10.2. The SMILES string of the molecule is Cc1ccccc1SCc1ccc(C=O)o1. The lowest BCUT2D eigenvalue weighted by Crippen LogP contribution is -1.80. The van der Waals surface area contributed by atoms with Crippen LogP contribution in [0.5, 0.6) is 0 Å². The number of benzene rings is 1. The molecule has 0 unspecified atom stereocenters. The Morgan fingerprint density at radius 2 is 2.06 bits per heavy atom. The predicted molar refractivity (Wildman–Crippen MR) is 64.8 cm³/mol. The second-order valence-corrected chi connectivity index (χ2v) is 4.49. The topological polar surface area (TPSA) is 30.2 Å². The van der Waals surface area contributed by atoms with Gasteiger partial charge >= 0.3 is 0 Å². The first-order chi connectivity index (χ1) is 7.79. The van der Waals surface area contributed by atoms with E-state index in [1.165, 1.54) is 10.5 Å². The van der Waals surface area contributed by atoms with Gasteiger partial charge in [-0.15, -0.1) is 11.8 Å². The Hall–Kier alpha value is -1.48. The van der Waals surface area contributed by atoms with Gasteiger partial charge in [-0.25, -0.2) is 0 Å². The van der Waals surface area contributed by atoms with Gasteiger partial charge in [-0.3, -0.25) is 4.79 Å². The van der Waals surface area contributed by atoms with Crippen LogP contribution in [-0.4, -0.2) is 6.29 Å². The van der Waals surface area contributed by atoms with E-state index in [1.807, 2.05) is 18.2 Å². The van der Waals surface area contributed by atoms with Crippen molar-refractivity contribution >= 4 is 18.0 Å². The van der Waals surface area contributed by atoms with Crippen LogP contribution in [0.15, 0.2) is 45.7 Å². The van der Waals surface area contributed by atoms with E-state index in [2.05, 4.69) is 19.1 Å². The maximum Gasteiger partial charge on any atom is 0.185 e. The fourth-order valence-electron chi connectivity index (χ4n) is 1.40. The average molecular weight is 232 g/mol. The highest BCUT2D eigenvalue weighted by atomic mass is 32.2. The summed E-state index contributed by atoms with van der Waals surface area (Å²) in [7, 11) is 0. The van der Waals surface area contributed by atoms with Crippen LogP contribution in [0.1, 0.15) is 21.9 Å². The summed E-state index contributed by atoms with van der Waals surface area (Å²) in [5.74, 6) is 1.97. The van der Waals surface area contributed by atoms with Crippen LogP contribution in [-0.2, 0) is 5.75 Å². The highest BCUT2D eigenvalue weighted by Gasteiger charge is 2.03. The molecule has 0 aliphatic rings. The Labute approximate surface area is 98.7 Å². The van der Waals surface area contributed by atoms with Gasteiger partial charge in [0, 0.05) is 4.90 Å². The summed E-state index contributed by atoms with van der Waals surface area (Å²) >= 11 is 1.71. The second kappa shape index (κ2) is 5.03. The zero-order valence-electron chi connectivity index (χ0n) is 8.97. The number of carbonyl (C=O) groups excluding carboxylic acids is 1. The Balaban J connectivity index is 2.02. The standard InChI is InChI=1S/C13H12O2S/c1-10-4-2-3-5-13(10)16-9-12-7-6-11(8-14)15-12/h2-8H,9H2,1H3. The van der Waals surface area contributed by atoms with E-state index in [0.717, 1.165) is 17.8 Å². The Morgan fingerprint density at radius 1 is 1.25 bits per heavy atom. The van der Waals surface area contributed by atoms with Crippen molar-refractivity contribution < 1.29 is 9.21 Å². The first-order valence-electron chi connectivity index (χ1n) is 5.02. The first kappa shape index (κ1) is 11.0. The van der Waals surface area contributed by atoms with Crippen molar-refractivity contribution in [2.45, 2.75) is 17.6 Å². The third-order valence-electron chi connectivity index (χ3n) is 2.26. The third kappa shape index (κ3) is 2.55. The number of carbonyl (C=O) groups is 1. The monoisotopic (exact) mass is 232 g/mol. The molecule has 82 valence electrons. The van der Waals surface area contributed by atoms with E-state index in [9.17, 15) is 4.79 Å². The average Bonchev–Trinajstić information content (AvgIpc) is 2.76. The molecule has 1 heterocycles. The molecule has 0 saturated carbocycles. The van der Waals surface area contributed by atoms with Crippen LogP contribution >= 0.6 is 11.8 Å². The Bertz CT molecular complexity index is 488. The molecule has 0 aliphatic heterocycles. The van der Waals surface area contributed by atoms with Crippen LogP contribution in [0, 0.1) is 6.92 Å². The van der Waals surface area contributed by atoms with Crippen molar-refractivity contribution in [3.05, 3.63) is 53.5 Å². The maximum absolute atomic E-state index is 10.4. The van der Waals surface area contributed by atoms with Gasteiger partial charge in [0.15, 0.2) is 12.0 Å². The van der Waals surface area contributed by atoms with Gasteiger partial charge in [0.05, 0.1) is 5.75 Å². The number of furan rings is 1. The van der Waals surface area contributed by atoms with E-state index < -0.39 is 0 Å². The molecule has 16 heavy (non-hydrogen) atoms. The van der Waals surface area contributed by atoms with Crippen LogP contribution in [0.3, 0.4) is 0 Å². The summed E-state index contributed by atoms with van der Waals surface area (Å²) in [5.41, 5.74) is 1.26. The molecule has 0 bridgehead atoms. The van der Waals surface area contributed by atoms with Crippen molar-refractivity contribution in [1.82, 2.24) is 0 Å². The van der Waals surface area contributed by atoms with Gasteiger partial charge in [-0.1, -0.05) is 18.2 Å². The van der Waals surface area contributed by atoms with Gasteiger partial charge in [0.2, 0.25) is 0 Å². The van der Waals surface area contributed by atoms with Crippen molar-refractivity contribution in [3.8, 4) is 0 Å². The number of aryl methyl sites for hydroxylation is 1. The molecule has 1 aromatic heterocycles. The quantitative estimate of drug-likeness (QED) is 0.595. The molecule has 0 aliphatic carbocycles. The highest BCUT2D eigenvalue weighted by Crippen LogP contribution is 2.26. The van der Waals surface area contributed by atoms with E-state index in [0.29, 0.717) is 5.76 Å². The molecular formula is C13H12O2S. The van der Waals surface area contributed by atoms with Gasteiger partial charge in [-0.05, 0) is 30.7 Å². The van der Waals surface area contributed by atoms with E-state index >= 15 is 0 Å². The van der Waals surface area contributed by atoms with E-state index in [4.69, 9.17) is 4.42 Å². The van der Waals surface area contributed by atoms with Crippen molar-refractivity contribution in [2.75, 3.05) is 0 Å². The lowest BCUT2D eigenvalue weighted by molar-refractivity contribution is 0.109. The molecule has 0 fully saturated rings. The summed E-state index contributed by atoms with van der Waals surface area (Å²) in [6.07, 6.45) is 0.724. The highest BCUT2D eigenvalue weighted by molar-refractivity contribution is 7.98. The van der Waals surface area contributed by atoms with E-state index in [-0.39, 0.29) is 0 Å². The number of thioether (sulfide) groups is 1. The number of aldehydes is 1. The summed E-state index contributed by atoms with van der Waals surface area (Å²) in [6, 6.07) is 11.8. The molecule has 0 saturated heterocycles. The van der Waals surface area contributed by atoms with Crippen molar-refractivity contribution in [3.63, 3.8) is 0 Å². The Morgan fingerprint density at radius 3 is 2.75 bits per heavy atom. The predicted octanol–water partition coefficient (Wildman–Crippen LogP) is 3.69. The minimum atomic E-state index is 0.389. The summed E-state index contributed by atoms with van der Waals surface area (Å²) < 4.78 is 5.31. The van der Waals surface area contributed by atoms with Crippen LogP contribution in [0.4, 0.5) is 0 Å². The zero-order valence-corrected chi connectivity index (χ0v) is 9.79. The molecule has 0 spiro atoms. The van der Waals surface area contributed by atoms with Crippen molar-refractivity contribution in [1.29, 1.82) is 0 Å². The van der Waals surface area contributed by atoms with Crippen LogP contribution < -0.4 is 0 Å². The largest absolute Gasteiger partial charge is 0.457 e. The molecule has 2 nitrogen and oxygen atoms in total. The minimum Gasteiger partial charge on any atom is -0.457 e. The molecule has 1 aromatic carbocycles.